The standard InChI is InChI=1S/C21H24N2O3S/c1-4-17-14-27-21(22-16-11-9-15(2)10-12-16)23(17)20(24)13-26-19-8-6-5-7-18(19)25-3/h5-12,17H,4,13-14H2,1-3H3/t17-/m1/s1. The molecule has 1 fully saturated rings. The summed E-state index contributed by atoms with van der Waals surface area (Å²) in [6.45, 7) is 4.07. The van der Waals surface area contributed by atoms with E-state index in [-0.39, 0.29) is 18.6 Å². The Balaban J connectivity index is 1.76. The number of thioether (sulfide) groups is 1. The third-order valence-electron chi connectivity index (χ3n) is 4.39. The molecule has 1 atom stereocenters. The van der Waals surface area contributed by atoms with Gasteiger partial charge in [0.2, 0.25) is 0 Å². The Morgan fingerprint density at radius 2 is 1.89 bits per heavy atom. The number of para-hydroxylation sites is 2. The Morgan fingerprint density at radius 1 is 1.19 bits per heavy atom. The van der Waals surface area contributed by atoms with E-state index in [1.54, 1.807) is 29.8 Å². The first-order valence-electron chi connectivity index (χ1n) is 8.98. The van der Waals surface area contributed by atoms with Gasteiger partial charge in [0.1, 0.15) is 0 Å². The number of benzene rings is 2. The van der Waals surface area contributed by atoms with Crippen molar-refractivity contribution in [1.82, 2.24) is 4.90 Å². The average Bonchev–Trinajstić information content (AvgIpc) is 3.10. The minimum atomic E-state index is -0.0939. The maximum atomic E-state index is 12.9. The molecule has 0 radical (unpaired) electrons. The predicted molar refractivity (Wildman–Crippen MR) is 110 cm³/mol. The fourth-order valence-corrected chi connectivity index (χ4v) is 4.13. The largest absolute Gasteiger partial charge is 0.493 e. The zero-order valence-electron chi connectivity index (χ0n) is 15.8. The lowest BCUT2D eigenvalue weighted by Gasteiger charge is -2.23. The summed E-state index contributed by atoms with van der Waals surface area (Å²) in [6.07, 6.45) is 0.875. The summed E-state index contributed by atoms with van der Waals surface area (Å²) in [5.74, 6) is 1.93. The van der Waals surface area contributed by atoms with Crippen LogP contribution in [0.15, 0.2) is 53.5 Å². The van der Waals surface area contributed by atoms with Gasteiger partial charge in [-0.1, -0.05) is 48.5 Å². The molecule has 0 saturated carbocycles. The van der Waals surface area contributed by atoms with E-state index >= 15 is 0 Å². The van der Waals surface area contributed by atoms with Gasteiger partial charge in [-0.2, -0.15) is 0 Å². The molecule has 1 heterocycles. The van der Waals surface area contributed by atoms with Gasteiger partial charge < -0.3 is 9.47 Å². The third kappa shape index (κ3) is 4.63. The lowest BCUT2D eigenvalue weighted by molar-refractivity contribution is -0.130. The van der Waals surface area contributed by atoms with Crippen LogP contribution in [-0.2, 0) is 4.79 Å². The van der Waals surface area contributed by atoms with E-state index in [2.05, 4.69) is 6.92 Å². The first-order valence-corrected chi connectivity index (χ1v) is 9.97. The molecule has 2 aromatic carbocycles. The zero-order valence-corrected chi connectivity index (χ0v) is 16.7. The number of carbonyl (C=O) groups is 1. The van der Waals surface area contributed by atoms with Crippen LogP contribution in [0.25, 0.3) is 0 Å². The number of hydrogen-bond acceptors (Lipinski definition) is 5. The van der Waals surface area contributed by atoms with Gasteiger partial charge in [-0.05, 0) is 37.6 Å². The number of amidine groups is 1. The van der Waals surface area contributed by atoms with Crippen LogP contribution >= 0.6 is 11.8 Å². The van der Waals surface area contributed by atoms with Crippen LogP contribution in [0.3, 0.4) is 0 Å². The number of hydrogen-bond donors (Lipinski definition) is 0. The van der Waals surface area contributed by atoms with Crippen LogP contribution < -0.4 is 9.47 Å². The second-order valence-electron chi connectivity index (χ2n) is 6.31. The van der Waals surface area contributed by atoms with E-state index in [1.807, 2.05) is 49.4 Å². The Labute approximate surface area is 164 Å². The molecule has 1 amide bonds. The second-order valence-corrected chi connectivity index (χ2v) is 7.29. The fraction of sp³-hybridized carbons (Fsp3) is 0.333. The smallest absolute Gasteiger partial charge is 0.266 e. The van der Waals surface area contributed by atoms with Crippen molar-refractivity contribution < 1.29 is 14.3 Å². The average molecular weight is 385 g/mol. The molecule has 2 aromatic rings. The predicted octanol–water partition coefficient (Wildman–Crippen LogP) is 4.42. The molecule has 1 saturated heterocycles. The van der Waals surface area contributed by atoms with Gasteiger partial charge in [0.15, 0.2) is 23.3 Å². The molecule has 0 spiro atoms. The third-order valence-corrected chi connectivity index (χ3v) is 5.49. The molecular formula is C21H24N2O3S. The summed E-state index contributed by atoms with van der Waals surface area (Å²) >= 11 is 1.61. The quantitative estimate of drug-likeness (QED) is 0.740. The van der Waals surface area contributed by atoms with Crippen molar-refractivity contribution in [2.24, 2.45) is 4.99 Å². The van der Waals surface area contributed by atoms with Crippen molar-refractivity contribution in [3.63, 3.8) is 0 Å². The van der Waals surface area contributed by atoms with Crippen LogP contribution in [0.1, 0.15) is 18.9 Å². The number of amides is 1. The molecular weight excluding hydrogens is 360 g/mol. The van der Waals surface area contributed by atoms with Crippen LogP contribution in [-0.4, -0.2) is 41.5 Å². The van der Waals surface area contributed by atoms with E-state index < -0.39 is 0 Å². The second kappa shape index (κ2) is 8.95. The molecule has 5 nitrogen and oxygen atoms in total. The number of aryl methyl sites for hydroxylation is 1. The number of methoxy groups -OCH3 is 1. The summed E-state index contributed by atoms with van der Waals surface area (Å²) in [6, 6.07) is 15.4. The molecule has 0 N–H and O–H groups in total. The van der Waals surface area contributed by atoms with Gasteiger partial charge in [-0.3, -0.25) is 9.69 Å². The van der Waals surface area contributed by atoms with E-state index in [1.165, 1.54) is 5.56 Å². The number of aliphatic imine (C=N–C) groups is 1. The van der Waals surface area contributed by atoms with Crippen molar-refractivity contribution in [2.75, 3.05) is 19.5 Å². The van der Waals surface area contributed by atoms with Crippen LogP contribution in [0.4, 0.5) is 5.69 Å². The van der Waals surface area contributed by atoms with E-state index in [0.717, 1.165) is 23.0 Å². The monoisotopic (exact) mass is 384 g/mol. The molecule has 1 aliphatic heterocycles. The normalized spacial score (nSPS) is 18.0. The van der Waals surface area contributed by atoms with Crippen LogP contribution in [0.2, 0.25) is 0 Å². The van der Waals surface area contributed by atoms with E-state index in [4.69, 9.17) is 14.5 Å². The van der Waals surface area contributed by atoms with Crippen LogP contribution in [0.5, 0.6) is 11.5 Å². The number of nitrogens with zero attached hydrogens (tertiary/aromatic N) is 2. The molecule has 142 valence electrons. The summed E-state index contributed by atoms with van der Waals surface area (Å²) in [5.41, 5.74) is 2.03. The summed E-state index contributed by atoms with van der Waals surface area (Å²) in [4.78, 5) is 19.4. The Kier molecular flexibility index (Phi) is 6.40. The highest BCUT2D eigenvalue weighted by atomic mass is 32.2. The summed E-state index contributed by atoms with van der Waals surface area (Å²) < 4.78 is 11.0. The van der Waals surface area contributed by atoms with Gasteiger partial charge in [0, 0.05) is 11.8 Å². The van der Waals surface area contributed by atoms with Crippen molar-refractivity contribution in [3.8, 4) is 11.5 Å². The van der Waals surface area contributed by atoms with E-state index in [0.29, 0.717) is 11.5 Å². The molecule has 0 unspecified atom stereocenters. The van der Waals surface area contributed by atoms with Crippen LogP contribution in [0, 0.1) is 6.92 Å². The number of carbonyl (C=O) groups excluding carboxylic acids is 1. The fourth-order valence-electron chi connectivity index (χ4n) is 2.84. The van der Waals surface area contributed by atoms with Gasteiger partial charge >= 0.3 is 0 Å². The summed E-state index contributed by atoms with van der Waals surface area (Å²) in [5, 5.41) is 0.735. The minimum absolute atomic E-state index is 0.0512. The molecule has 3 rings (SSSR count). The van der Waals surface area contributed by atoms with Crippen molar-refractivity contribution in [2.45, 2.75) is 26.3 Å². The summed E-state index contributed by atoms with van der Waals surface area (Å²) in [7, 11) is 1.58. The topological polar surface area (TPSA) is 51.1 Å². The lowest BCUT2D eigenvalue weighted by Crippen LogP contribution is -2.41. The first kappa shape index (κ1) is 19.3. The van der Waals surface area contributed by atoms with Crippen molar-refractivity contribution in [3.05, 3.63) is 54.1 Å². The van der Waals surface area contributed by atoms with E-state index in [9.17, 15) is 4.79 Å². The zero-order chi connectivity index (χ0) is 19.2. The molecule has 0 aliphatic carbocycles. The molecule has 0 aromatic heterocycles. The highest BCUT2D eigenvalue weighted by molar-refractivity contribution is 8.14. The Hall–Kier alpha value is -2.47. The van der Waals surface area contributed by atoms with Gasteiger partial charge in [0.25, 0.3) is 5.91 Å². The Morgan fingerprint density at radius 3 is 2.56 bits per heavy atom. The highest BCUT2D eigenvalue weighted by Gasteiger charge is 2.34. The number of ether oxygens (including phenoxy) is 2. The van der Waals surface area contributed by atoms with Gasteiger partial charge in [-0.25, -0.2) is 4.99 Å². The maximum absolute atomic E-state index is 12.9. The molecule has 27 heavy (non-hydrogen) atoms. The SMILES string of the molecule is CC[C@@H]1CSC(=Nc2ccc(C)cc2)N1C(=O)COc1ccccc1OC. The number of rotatable bonds is 6. The lowest BCUT2D eigenvalue weighted by atomic mass is 10.2. The molecule has 1 aliphatic rings. The first-order chi connectivity index (χ1) is 13.1. The molecule has 6 heteroatoms. The highest BCUT2D eigenvalue weighted by Crippen LogP contribution is 2.30. The maximum Gasteiger partial charge on any atom is 0.266 e. The van der Waals surface area contributed by atoms with Gasteiger partial charge in [0.05, 0.1) is 12.8 Å². The molecule has 0 bridgehead atoms. The van der Waals surface area contributed by atoms with Gasteiger partial charge in [-0.15, -0.1) is 0 Å². The van der Waals surface area contributed by atoms with Crippen molar-refractivity contribution >= 4 is 28.5 Å². The minimum Gasteiger partial charge on any atom is -0.493 e. The van der Waals surface area contributed by atoms with Crippen molar-refractivity contribution in [1.29, 1.82) is 0 Å². The Bertz CT molecular complexity index is 820.